The van der Waals surface area contributed by atoms with Crippen LogP contribution < -0.4 is 20.9 Å². The van der Waals surface area contributed by atoms with E-state index in [9.17, 15) is 25.5 Å². The molecule has 8 aromatic rings. The van der Waals surface area contributed by atoms with E-state index in [4.69, 9.17) is 41.9 Å². The van der Waals surface area contributed by atoms with Gasteiger partial charge in [-0.05, 0) is 29.2 Å². The Bertz CT molecular complexity index is 3180. The molecule has 2 aliphatic rings. The Morgan fingerprint density at radius 2 is 1.04 bits per heavy atom. The first-order chi connectivity index (χ1) is 34.5. The highest BCUT2D eigenvalue weighted by Crippen LogP contribution is 2.34. The number of para-hydroxylation sites is 2. The van der Waals surface area contributed by atoms with E-state index in [0.717, 1.165) is 28.0 Å². The SMILES string of the molecule is C#CCOc1ccccc1-c1ccccc1.Nc1nc(C#CCOc2ccccc2-c2ccccc2)nc2c1ncn2C1OC(CO)C(O)C1O.Nc1nc(I)nc2c1ncn2C1OC(CO)C(O)C1O. The van der Waals surface area contributed by atoms with Crippen molar-refractivity contribution in [2.24, 2.45) is 0 Å². The van der Waals surface area contributed by atoms with Gasteiger partial charge in [-0.25, -0.2) is 29.9 Å². The first kappa shape index (κ1) is 50.1. The third-order valence-corrected chi connectivity index (χ3v) is 11.7. The Morgan fingerprint density at radius 3 is 1.52 bits per heavy atom. The molecule has 0 spiro atoms. The maximum Gasteiger partial charge on any atom is 0.209 e. The van der Waals surface area contributed by atoms with Crippen LogP contribution in [0.25, 0.3) is 44.6 Å². The average Bonchev–Trinajstić information content (AvgIpc) is 4.16. The van der Waals surface area contributed by atoms with Gasteiger partial charge in [0.2, 0.25) is 5.82 Å². The Balaban J connectivity index is 0.000000158. The van der Waals surface area contributed by atoms with Gasteiger partial charge in [0.05, 0.1) is 25.9 Å². The van der Waals surface area contributed by atoms with Gasteiger partial charge < -0.3 is 61.1 Å². The second kappa shape index (κ2) is 23.1. The molecule has 364 valence electrons. The highest BCUT2D eigenvalue weighted by molar-refractivity contribution is 14.1. The van der Waals surface area contributed by atoms with Crippen LogP contribution >= 0.6 is 22.6 Å². The molecule has 4 aromatic carbocycles. The number of aliphatic hydroxyl groups is 6. The molecule has 20 nitrogen and oxygen atoms in total. The molecule has 10 N–H and O–H groups in total. The molecule has 71 heavy (non-hydrogen) atoms. The zero-order chi connectivity index (χ0) is 50.0. The summed E-state index contributed by atoms with van der Waals surface area (Å²) in [4.78, 5) is 25.1. The molecule has 10 rings (SSSR count). The lowest BCUT2D eigenvalue weighted by Gasteiger charge is -2.16. The lowest BCUT2D eigenvalue weighted by Crippen LogP contribution is -2.33. The number of ether oxygens (including phenoxy) is 4. The Morgan fingerprint density at radius 1 is 0.592 bits per heavy atom. The summed E-state index contributed by atoms with van der Waals surface area (Å²) in [6.07, 6.45) is -0.604. The standard InChI is InChI=1S/C25H23N5O5.C15H12O.C10H12IN5O4/c26-23-20-24(30(14-27-20)25-22(33)21(32)18(13-31)35-25)29-19(28-23)11-6-12-34-17-10-5-4-9-16(17)15-7-2-1-3-8-15;1-2-12-16-15-11-7-6-10-14(15)13-8-4-3-5-9-13;11-10-14-7(12)4-8(15-10)16(2-13-4)9-6(19)5(18)3(1-17)20-9/h1-5,7-10,14,18,21-22,25,31-33H,12-13H2,(H2,26,28,29);1,3-11H,12H2;2-3,5-6,9,17-19H,1H2,(H2,12,14,15). The van der Waals surface area contributed by atoms with E-state index in [1.807, 2.05) is 120 Å². The van der Waals surface area contributed by atoms with Crippen molar-refractivity contribution in [2.45, 2.75) is 49.1 Å². The third kappa shape index (κ3) is 11.2. The molecule has 8 unspecified atom stereocenters. The van der Waals surface area contributed by atoms with Crippen molar-refractivity contribution in [1.82, 2.24) is 39.0 Å². The molecule has 6 heterocycles. The van der Waals surface area contributed by atoms with Crippen molar-refractivity contribution in [3.63, 3.8) is 0 Å². The first-order valence-corrected chi connectivity index (χ1v) is 23.0. The fourth-order valence-corrected chi connectivity index (χ4v) is 8.23. The number of aromatic nitrogens is 8. The van der Waals surface area contributed by atoms with Crippen molar-refractivity contribution in [3.05, 3.63) is 132 Å². The normalized spacial score (nSPS) is 21.3. The molecular formula is C50H47IN10O10. The number of hydrogen-bond donors (Lipinski definition) is 8. The number of nitrogens with two attached hydrogens (primary N) is 2. The fourth-order valence-electron chi connectivity index (χ4n) is 7.74. The van der Waals surface area contributed by atoms with Gasteiger partial charge in [0.1, 0.15) is 72.4 Å². The molecule has 8 atom stereocenters. The van der Waals surface area contributed by atoms with Crippen molar-refractivity contribution in [3.8, 4) is 57.9 Å². The van der Waals surface area contributed by atoms with Crippen molar-refractivity contribution < 1.29 is 49.6 Å². The van der Waals surface area contributed by atoms with E-state index in [2.05, 4.69) is 59.8 Å². The van der Waals surface area contributed by atoms with Crippen LogP contribution in [0, 0.1) is 28.0 Å². The van der Waals surface area contributed by atoms with Gasteiger partial charge in [-0.3, -0.25) is 9.13 Å². The lowest BCUT2D eigenvalue weighted by molar-refractivity contribution is -0.0511. The Hall–Kier alpha value is -7.29. The van der Waals surface area contributed by atoms with Gasteiger partial charge in [-0.2, -0.15) is 0 Å². The van der Waals surface area contributed by atoms with Crippen molar-refractivity contribution in [1.29, 1.82) is 0 Å². The summed E-state index contributed by atoms with van der Waals surface area (Å²) in [7, 11) is 0. The lowest BCUT2D eigenvalue weighted by atomic mass is 10.1. The minimum Gasteiger partial charge on any atom is -0.480 e. The molecule has 0 saturated carbocycles. The molecule has 2 saturated heterocycles. The summed E-state index contributed by atoms with van der Waals surface area (Å²) in [5.74, 6) is 10.2. The topological polar surface area (TPSA) is 298 Å². The monoisotopic (exact) mass is 1070 g/mol. The van der Waals surface area contributed by atoms with E-state index in [1.54, 1.807) is 0 Å². The number of imidazole rings is 2. The maximum absolute atomic E-state index is 10.4. The summed E-state index contributed by atoms with van der Waals surface area (Å²) in [5.41, 5.74) is 17.4. The van der Waals surface area contributed by atoms with E-state index < -0.39 is 62.3 Å². The highest BCUT2D eigenvalue weighted by Gasteiger charge is 2.45. The van der Waals surface area contributed by atoms with Gasteiger partial charge in [0.15, 0.2) is 39.2 Å². The second-order valence-corrected chi connectivity index (χ2v) is 16.7. The van der Waals surface area contributed by atoms with Crippen LogP contribution in [0.5, 0.6) is 11.5 Å². The number of nitrogens with zero attached hydrogens (tertiary/aromatic N) is 8. The first-order valence-electron chi connectivity index (χ1n) is 21.9. The number of halogens is 1. The number of anilines is 2. The van der Waals surface area contributed by atoms with Gasteiger partial charge in [-0.1, -0.05) is 109 Å². The van der Waals surface area contributed by atoms with Crippen LogP contribution in [0.15, 0.2) is 122 Å². The van der Waals surface area contributed by atoms with Crippen LogP contribution in [0.2, 0.25) is 0 Å². The number of aliphatic hydroxyl groups excluding tert-OH is 6. The van der Waals surface area contributed by atoms with Crippen LogP contribution in [0.1, 0.15) is 18.3 Å². The molecular weight excluding hydrogens is 1030 g/mol. The maximum atomic E-state index is 10.4. The number of hydrogen-bond acceptors (Lipinski definition) is 18. The number of terminal acetylenes is 1. The van der Waals surface area contributed by atoms with Crippen LogP contribution in [0.3, 0.4) is 0 Å². The number of benzene rings is 4. The van der Waals surface area contributed by atoms with Crippen LogP contribution in [0.4, 0.5) is 11.6 Å². The summed E-state index contributed by atoms with van der Waals surface area (Å²) in [5, 5.41) is 58.7. The molecule has 0 aliphatic carbocycles. The summed E-state index contributed by atoms with van der Waals surface area (Å²) in [6, 6.07) is 35.6. The number of nitrogen functional groups attached to an aromatic ring is 2. The average molecular weight is 1070 g/mol. The quantitative estimate of drug-likeness (QED) is 0.0554. The zero-order valence-corrected chi connectivity index (χ0v) is 39.7. The molecule has 0 radical (unpaired) electrons. The highest BCUT2D eigenvalue weighted by atomic mass is 127. The van der Waals surface area contributed by atoms with Gasteiger partial charge in [-0.15, -0.1) is 6.42 Å². The Labute approximate surface area is 419 Å². The Kier molecular flexibility index (Phi) is 16.3. The molecule has 21 heteroatoms. The third-order valence-electron chi connectivity index (χ3n) is 11.2. The molecule has 0 bridgehead atoms. The van der Waals surface area contributed by atoms with E-state index in [1.165, 1.54) is 21.8 Å². The predicted octanol–water partition coefficient (Wildman–Crippen LogP) is 3.11. The van der Waals surface area contributed by atoms with Gasteiger partial charge in [0, 0.05) is 33.7 Å². The zero-order valence-electron chi connectivity index (χ0n) is 37.5. The largest absolute Gasteiger partial charge is 0.480 e. The van der Waals surface area contributed by atoms with Crippen molar-refractivity contribution >= 4 is 56.6 Å². The van der Waals surface area contributed by atoms with E-state index in [-0.39, 0.29) is 29.7 Å². The smallest absolute Gasteiger partial charge is 0.209 e. The predicted molar refractivity (Wildman–Crippen MR) is 269 cm³/mol. The number of fused-ring (bicyclic) bond motifs is 2. The van der Waals surface area contributed by atoms with Crippen molar-refractivity contribution in [2.75, 3.05) is 37.9 Å². The minimum absolute atomic E-state index is 0.0965. The summed E-state index contributed by atoms with van der Waals surface area (Å²) in [6.45, 7) is -0.443. The van der Waals surface area contributed by atoms with Crippen LogP contribution in [-0.4, -0.2) is 133 Å². The fraction of sp³-hybridized carbons (Fsp3) is 0.240. The van der Waals surface area contributed by atoms with Gasteiger partial charge in [0.25, 0.3) is 0 Å². The van der Waals surface area contributed by atoms with Crippen LogP contribution in [-0.2, 0) is 9.47 Å². The molecule has 4 aromatic heterocycles. The molecule has 2 fully saturated rings. The number of rotatable bonds is 10. The summed E-state index contributed by atoms with van der Waals surface area (Å²) >= 11 is 1.92. The second-order valence-electron chi connectivity index (χ2n) is 15.7. The minimum atomic E-state index is -1.28. The molecule has 0 amide bonds. The summed E-state index contributed by atoms with van der Waals surface area (Å²) < 4.78 is 25.8. The van der Waals surface area contributed by atoms with Gasteiger partial charge >= 0.3 is 0 Å². The van der Waals surface area contributed by atoms with E-state index in [0.29, 0.717) is 32.9 Å². The van der Waals surface area contributed by atoms with E-state index >= 15 is 0 Å². The molecule has 2 aliphatic heterocycles.